The number of carbonyl (C=O) groups excluding carboxylic acids is 2. The van der Waals surface area contributed by atoms with Gasteiger partial charge in [0, 0.05) is 18.1 Å². The van der Waals surface area contributed by atoms with Crippen molar-refractivity contribution in [1.82, 2.24) is 0 Å². The molecule has 0 atom stereocenters. The van der Waals surface area contributed by atoms with Gasteiger partial charge in [0.05, 0.1) is 5.56 Å². The highest BCUT2D eigenvalue weighted by atomic mass is 35.5. The number of hydrogen-bond acceptors (Lipinski definition) is 3. The second kappa shape index (κ2) is 6.35. The van der Waals surface area contributed by atoms with E-state index in [1.165, 1.54) is 6.92 Å². The molecule has 4 heteroatoms. The molecule has 1 aliphatic heterocycles. The van der Waals surface area contributed by atoms with Crippen LogP contribution in [0.3, 0.4) is 0 Å². The quantitative estimate of drug-likeness (QED) is 0.696. The van der Waals surface area contributed by atoms with Gasteiger partial charge in [0.25, 0.3) is 0 Å². The van der Waals surface area contributed by atoms with Crippen LogP contribution in [0.4, 0.5) is 0 Å². The number of carbonyl (C=O) groups is 2. The Morgan fingerprint density at radius 3 is 2.30 bits per heavy atom. The largest absolute Gasteiger partial charge is 0.488 e. The normalized spacial score (nSPS) is 12.0. The molecule has 0 saturated heterocycles. The number of rotatable bonds is 0. The fraction of sp³-hybridized carbons (Fsp3) is 0.125. The van der Waals surface area contributed by atoms with Crippen LogP contribution in [0.2, 0.25) is 0 Å². The van der Waals surface area contributed by atoms with E-state index in [2.05, 4.69) is 11.6 Å². The van der Waals surface area contributed by atoms with Crippen molar-refractivity contribution in [2.24, 2.45) is 0 Å². The Kier molecular flexibility index (Phi) is 4.53. The third-order valence-corrected chi connectivity index (χ3v) is 2.78. The zero-order chi connectivity index (χ0) is 14.5. The number of para-hydroxylation sites is 1. The zero-order valence-electron chi connectivity index (χ0n) is 10.9. The van der Waals surface area contributed by atoms with Crippen LogP contribution in [0.5, 0.6) is 5.75 Å². The van der Waals surface area contributed by atoms with Gasteiger partial charge in [-0.25, -0.2) is 0 Å². The Labute approximate surface area is 122 Å². The minimum atomic E-state index is -0.361. The molecule has 1 heterocycles. The van der Waals surface area contributed by atoms with Gasteiger partial charge in [-0.2, -0.15) is 0 Å². The Bertz CT molecular complexity index is 596. The minimum Gasteiger partial charge on any atom is -0.488 e. The van der Waals surface area contributed by atoms with E-state index in [9.17, 15) is 9.59 Å². The molecule has 0 bridgehead atoms. The van der Waals surface area contributed by atoms with Gasteiger partial charge >= 0.3 is 0 Å². The highest BCUT2D eigenvalue weighted by Crippen LogP contribution is 2.27. The van der Waals surface area contributed by atoms with E-state index >= 15 is 0 Å². The van der Waals surface area contributed by atoms with E-state index in [1.807, 2.05) is 42.5 Å². The molecule has 0 spiro atoms. The number of ketones is 1. The van der Waals surface area contributed by atoms with Crippen LogP contribution in [-0.2, 0) is 11.4 Å². The van der Waals surface area contributed by atoms with Gasteiger partial charge in [-0.1, -0.05) is 36.4 Å². The number of halogens is 1. The molecule has 0 radical (unpaired) electrons. The van der Waals surface area contributed by atoms with Crippen molar-refractivity contribution in [3.63, 3.8) is 0 Å². The van der Waals surface area contributed by atoms with Crippen molar-refractivity contribution in [3.05, 3.63) is 65.2 Å². The van der Waals surface area contributed by atoms with Gasteiger partial charge in [-0.3, -0.25) is 9.59 Å². The van der Waals surface area contributed by atoms with Crippen molar-refractivity contribution in [2.45, 2.75) is 13.5 Å². The first-order valence-electron chi connectivity index (χ1n) is 6.10. The van der Waals surface area contributed by atoms with Crippen molar-refractivity contribution >= 4 is 22.6 Å². The molecule has 0 aromatic heterocycles. The molecule has 102 valence electrons. The Morgan fingerprint density at radius 1 is 1.05 bits per heavy atom. The summed E-state index contributed by atoms with van der Waals surface area (Å²) >= 11 is 4.64. The Morgan fingerprint density at radius 2 is 1.60 bits per heavy atom. The molecule has 3 nitrogen and oxygen atoms in total. The number of fused-ring (bicyclic) bond motifs is 2. The summed E-state index contributed by atoms with van der Waals surface area (Å²) in [6, 6.07) is 15.0. The molecule has 0 fully saturated rings. The maximum absolute atomic E-state index is 12.2. The van der Waals surface area contributed by atoms with Crippen LogP contribution < -0.4 is 4.74 Å². The molecule has 2 aromatic carbocycles. The molecule has 3 rings (SSSR count). The zero-order valence-corrected chi connectivity index (χ0v) is 11.7. The molecule has 0 unspecified atom stereocenters. The summed E-state index contributed by atoms with van der Waals surface area (Å²) in [6.07, 6.45) is 0. The van der Waals surface area contributed by atoms with E-state index in [-0.39, 0.29) is 11.0 Å². The lowest BCUT2D eigenvalue weighted by atomic mass is 9.99. The van der Waals surface area contributed by atoms with E-state index in [0.29, 0.717) is 17.9 Å². The summed E-state index contributed by atoms with van der Waals surface area (Å²) in [5.41, 5.74) is 2.34. The predicted octanol–water partition coefficient (Wildman–Crippen LogP) is 3.58. The fourth-order valence-electron chi connectivity index (χ4n) is 1.95. The second-order valence-electron chi connectivity index (χ2n) is 4.24. The minimum absolute atomic E-state index is 0.0451. The molecule has 1 aliphatic rings. The number of ether oxygens (including phenoxy) is 1. The number of benzene rings is 2. The van der Waals surface area contributed by atoms with E-state index in [1.54, 1.807) is 6.07 Å². The lowest BCUT2D eigenvalue weighted by Crippen LogP contribution is -2.01. The van der Waals surface area contributed by atoms with E-state index in [4.69, 9.17) is 4.74 Å². The summed E-state index contributed by atoms with van der Waals surface area (Å²) in [7, 11) is 0. The summed E-state index contributed by atoms with van der Waals surface area (Å²) in [5.74, 6) is 0.715. The third kappa shape index (κ3) is 3.25. The monoisotopic (exact) mass is 288 g/mol. The van der Waals surface area contributed by atoms with Crippen LogP contribution in [0.1, 0.15) is 28.4 Å². The third-order valence-electron chi connectivity index (χ3n) is 2.78. The Hall–Kier alpha value is -2.13. The molecule has 0 amide bonds. The molecular formula is C16H13ClO3. The van der Waals surface area contributed by atoms with Crippen molar-refractivity contribution in [2.75, 3.05) is 0 Å². The van der Waals surface area contributed by atoms with Gasteiger partial charge in [0.2, 0.25) is 5.24 Å². The Balaban J connectivity index is 0.000000328. The molecule has 0 N–H and O–H groups in total. The SMILES string of the molecule is CC(=O)Cl.O=C1c2ccccc2COc2ccccc21. The van der Waals surface area contributed by atoms with E-state index in [0.717, 1.165) is 11.1 Å². The summed E-state index contributed by atoms with van der Waals surface area (Å²) in [5, 5.41) is -0.361. The smallest absolute Gasteiger partial charge is 0.218 e. The van der Waals surface area contributed by atoms with Crippen LogP contribution in [0.15, 0.2) is 48.5 Å². The first-order valence-corrected chi connectivity index (χ1v) is 6.48. The van der Waals surface area contributed by atoms with Gasteiger partial charge in [0.15, 0.2) is 5.78 Å². The summed E-state index contributed by atoms with van der Waals surface area (Å²) in [6.45, 7) is 1.75. The predicted molar refractivity (Wildman–Crippen MR) is 77.2 cm³/mol. The standard InChI is InChI=1S/C14H10O2.C2H3ClO/c15-14-11-6-2-1-5-10(11)9-16-13-8-4-3-7-12(13)14;1-2(3)4/h1-8H,9H2;1H3. The first kappa shape index (κ1) is 14.3. The molecule has 2 aromatic rings. The highest BCUT2D eigenvalue weighted by Gasteiger charge is 2.20. The second-order valence-corrected chi connectivity index (χ2v) is 4.77. The maximum atomic E-state index is 12.2. The molecule has 20 heavy (non-hydrogen) atoms. The van der Waals surface area contributed by atoms with Gasteiger partial charge in [0.1, 0.15) is 12.4 Å². The lowest BCUT2D eigenvalue weighted by molar-refractivity contribution is -0.109. The summed E-state index contributed by atoms with van der Waals surface area (Å²) in [4.78, 5) is 21.5. The molecule has 0 aliphatic carbocycles. The van der Waals surface area contributed by atoms with Crippen molar-refractivity contribution in [3.8, 4) is 5.75 Å². The van der Waals surface area contributed by atoms with Crippen molar-refractivity contribution < 1.29 is 14.3 Å². The van der Waals surface area contributed by atoms with Crippen LogP contribution in [0.25, 0.3) is 0 Å². The maximum Gasteiger partial charge on any atom is 0.218 e. The molecule has 0 saturated carbocycles. The van der Waals surface area contributed by atoms with Crippen LogP contribution >= 0.6 is 11.6 Å². The van der Waals surface area contributed by atoms with Crippen LogP contribution in [-0.4, -0.2) is 11.0 Å². The summed E-state index contributed by atoms with van der Waals surface area (Å²) < 4.78 is 5.62. The molecular weight excluding hydrogens is 276 g/mol. The topological polar surface area (TPSA) is 43.4 Å². The van der Waals surface area contributed by atoms with Gasteiger partial charge in [-0.05, 0) is 23.7 Å². The van der Waals surface area contributed by atoms with Crippen LogP contribution in [0, 0.1) is 0 Å². The van der Waals surface area contributed by atoms with E-state index < -0.39 is 0 Å². The average molecular weight is 289 g/mol. The highest BCUT2D eigenvalue weighted by molar-refractivity contribution is 6.62. The van der Waals surface area contributed by atoms with Gasteiger partial charge < -0.3 is 4.74 Å². The average Bonchev–Trinajstić information content (AvgIpc) is 2.57. The fourth-order valence-corrected chi connectivity index (χ4v) is 1.95. The first-order chi connectivity index (χ1) is 9.59. The lowest BCUT2D eigenvalue weighted by Gasteiger charge is -2.04. The van der Waals surface area contributed by atoms with Gasteiger partial charge in [-0.15, -0.1) is 0 Å². The van der Waals surface area contributed by atoms with Crippen molar-refractivity contribution in [1.29, 1.82) is 0 Å². The number of hydrogen-bond donors (Lipinski definition) is 0.